The number of hydrogen-bond acceptors (Lipinski definition) is 3. The van der Waals surface area contributed by atoms with E-state index in [0.717, 1.165) is 10.2 Å². The summed E-state index contributed by atoms with van der Waals surface area (Å²) in [5.74, 6) is 0.110. The first-order valence-electron chi connectivity index (χ1n) is 7.64. The number of anilines is 1. The van der Waals surface area contributed by atoms with Crippen molar-refractivity contribution in [1.82, 2.24) is 4.90 Å². The third kappa shape index (κ3) is 4.08. The lowest BCUT2D eigenvalue weighted by Gasteiger charge is -2.30. The van der Waals surface area contributed by atoms with Gasteiger partial charge in [-0.15, -0.1) is 0 Å². The summed E-state index contributed by atoms with van der Waals surface area (Å²) >= 11 is 6.56. The summed E-state index contributed by atoms with van der Waals surface area (Å²) in [5.41, 5.74) is 0.780. The first-order chi connectivity index (χ1) is 11.5. The van der Waals surface area contributed by atoms with Gasteiger partial charge in [-0.25, -0.2) is 0 Å². The number of rotatable bonds is 3. The fraction of sp³-hybridized carbons (Fsp3) is 0.294. The van der Waals surface area contributed by atoms with E-state index in [-0.39, 0.29) is 17.7 Å². The summed E-state index contributed by atoms with van der Waals surface area (Å²) in [6.07, 6.45) is 1.30. The van der Waals surface area contributed by atoms with Gasteiger partial charge in [0.2, 0.25) is 5.91 Å². The van der Waals surface area contributed by atoms with Crippen LogP contribution in [0, 0.1) is 5.92 Å². The van der Waals surface area contributed by atoms with E-state index in [9.17, 15) is 9.59 Å². The fourth-order valence-electron chi connectivity index (χ4n) is 2.71. The number of carbonyl (C=O) groups excluding carboxylic acids is 2. The normalized spacial score (nSPS) is 15.3. The highest BCUT2D eigenvalue weighted by atomic mass is 79.9. The quantitative estimate of drug-likeness (QED) is 0.750. The van der Waals surface area contributed by atoms with Crippen molar-refractivity contribution in [2.24, 2.45) is 5.92 Å². The second-order valence-corrected chi connectivity index (χ2v) is 7.36. The molecular weight excluding hydrogens is 440 g/mol. The molecule has 0 saturated carbocycles. The first kappa shape index (κ1) is 17.2. The monoisotopic (exact) mass is 454 g/mol. The molecule has 2 aromatic rings. The Balaban J connectivity index is 1.53. The zero-order valence-electron chi connectivity index (χ0n) is 12.8. The van der Waals surface area contributed by atoms with E-state index >= 15 is 0 Å². The van der Waals surface area contributed by atoms with Crippen molar-refractivity contribution in [2.75, 3.05) is 18.4 Å². The SMILES string of the molecule is O=C(Nc1ccc(Br)cc1)C1CCN(C(=O)c2ccc(Br)o2)CC1. The second-order valence-electron chi connectivity index (χ2n) is 5.67. The van der Waals surface area contributed by atoms with Crippen LogP contribution in [0.3, 0.4) is 0 Å². The minimum Gasteiger partial charge on any atom is -0.444 e. The molecule has 24 heavy (non-hydrogen) atoms. The van der Waals surface area contributed by atoms with Crippen molar-refractivity contribution in [1.29, 1.82) is 0 Å². The number of hydrogen-bond donors (Lipinski definition) is 1. The average Bonchev–Trinajstić information content (AvgIpc) is 3.03. The molecule has 1 fully saturated rings. The van der Waals surface area contributed by atoms with Crippen LogP contribution in [-0.2, 0) is 4.79 Å². The molecule has 5 nitrogen and oxygen atoms in total. The van der Waals surface area contributed by atoms with Crippen molar-refractivity contribution >= 4 is 49.4 Å². The van der Waals surface area contributed by atoms with Gasteiger partial charge in [0.1, 0.15) is 0 Å². The lowest BCUT2D eigenvalue weighted by molar-refractivity contribution is -0.121. The van der Waals surface area contributed by atoms with Crippen LogP contribution in [0.5, 0.6) is 0 Å². The lowest BCUT2D eigenvalue weighted by Crippen LogP contribution is -2.41. The van der Waals surface area contributed by atoms with Crippen LogP contribution in [-0.4, -0.2) is 29.8 Å². The average molecular weight is 456 g/mol. The molecule has 1 aromatic heterocycles. The molecule has 3 rings (SSSR count). The first-order valence-corrected chi connectivity index (χ1v) is 9.22. The summed E-state index contributed by atoms with van der Waals surface area (Å²) in [5, 5.41) is 2.93. The fourth-order valence-corrected chi connectivity index (χ4v) is 3.28. The largest absolute Gasteiger partial charge is 0.444 e. The molecule has 0 aliphatic carbocycles. The molecule has 1 aliphatic rings. The summed E-state index contributed by atoms with van der Waals surface area (Å²) in [6, 6.07) is 10.8. The van der Waals surface area contributed by atoms with Gasteiger partial charge in [-0.05, 0) is 65.2 Å². The minimum absolute atomic E-state index is 0.00478. The third-order valence-corrected chi connectivity index (χ3v) is 5.00. The van der Waals surface area contributed by atoms with Gasteiger partial charge >= 0.3 is 0 Å². The van der Waals surface area contributed by atoms with Crippen molar-refractivity contribution < 1.29 is 14.0 Å². The van der Waals surface area contributed by atoms with E-state index in [2.05, 4.69) is 37.2 Å². The van der Waals surface area contributed by atoms with E-state index in [4.69, 9.17) is 4.42 Å². The summed E-state index contributed by atoms with van der Waals surface area (Å²) in [6.45, 7) is 1.10. The molecule has 1 aromatic carbocycles. The van der Waals surface area contributed by atoms with Gasteiger partial charge in [-0.3, -0.25) is 9.59 Å². The maximum absolute atomic E-state index is 12.4. The van der Waals surface area contributed by atoms with Crippen LogP contribution in [0.4, 0.5) is 5.69 Å². The van der Waals surface area contributed by atoms with E-state index < -0.39 is 0 Å². The minimum atomic E-state index is -0.132. The van der Waals surface area contributed by atoms with Crippen LogP contribution in [0.1, 0.15) is 23.4 Å². The molecule has 0 radical (unpaired) electrons. The predicted octanol–water partition coefficient (Wildman–Crippen LogP) is 4.30. The van der Waals surface area contributed by atoms with Crippen molar-refractivity contribution in [3.05, 3.63) is 51.3 Å². The second kappa shape index (κ2) is 7.53. The lowest BCUT2D eigenvalue weighted by atomic mass is 9.95. The standard InChI is InChI=1S/C17H16Br2N2O3/c18-12-1-3-13(4-2-12)20-16(22)11-7-9-21(10-8-11)17(23)14-5-6-15(19)24-14/h1-6,11H,7-10H2,(H,20,22). The summed E-state index contributed by atoms with van der Waals surface area (Å²) in [4.78, 5) is 26.4. The highest BCUT2D eigenvalue weighted by Crippen LogP contribution is 2.23. The molecule has 0 spiro atoms. The number of likely N-dealkylation sites (tertiary alicyclic amines) is 1. The van der Waals surface area contributed by atoms with Crippen molar-refractivity contribution in [3.63, 3.8) is 0 Å². The molecule has 1 saturated heterocycles. The highest BCUT2D eigenvalue weighted by Gasteiger charge is 2.29. The van der Waals surface area contributed by atoms with Gasteiger partial charge < -0.3 is 14.6 Å². The van der Waals surface area contributed by atoms with Crippen LogP contribution in [0.15, 0.2) is 50.0 Å². The molecule has 1 aliphatic heterocycles. The molecule has 0 bridgehead atoms. The van der Waals surface area contributed by atoms with E-state index in [0.29, 0.717) is 36.4 Å². The Bertz CT molecular complexity index is 735. The van der Waals surface area contributed by atoms with Crippen LogP contribution < -0.4 is 5.32 Å². The maximum Gasteiger partial charge on any atom is 0.289 e. The van der Waals surface area contributed by atoms with Crippen LogP contribution in [0.25, 0.3) is 0 Å². The Labute approximate surface area is 156 Å². The number of halogens is 2. The Morgan fingerprint density at radius 1 is 1.04 bits per heavy atom. The molecule has 0 atom stereocenters. The number of piperidine rings is 1. The topological polar surface area (TPSA) is 62.6 Å². The number of furan rings is 1. The number of benzene rings is 1. The summed E-state index contributed by atoms with van der Waals surface area (Å²) in [7, 11) is 0. The zero-order valence-corrected chi connectivity index (χ0v) is 16.0. The molecule has 1 N–H and O–H groups in total. The van der Waals surface area contributed by atoms with Crippen LogP contribution >= 0.6 is 31.9 Å². The Morgan fingerprint density at radius 3 is 2.29 bits per heavy atom. The Morgan fingerprint density at radius 2 is 1.71 bits per heavy atom. The van der Waals surface area contributed by atoms with Gasteiger partial charge in [-0.1, -0.05) is 15.9 Å². The Kier molecular flexibility index (Phi) is 5.40. The number of amides is 2. The molecular formula is C17H16Br2N2O3. The van der Waals surface area contributed by atoms with Gasteiger partial charge in [0.15, 0.2) is 10.4 Å². The van der Waals surface area contributed by atoms with E-state index in [1.165, 1.54) is 0 Å². The molecule has 126 valence electrons. The zero-order chi connectivity index (χ0) is 17.1. The third-order valence-electron chi connectivity index (χ3n) is 4.05. The van der Waals surface area contributed by atoms with Gasteiger partial charge in [-0.2, -0.15) is 0 Å². The highest BCUT2D eigenvalue weighted by molar-refractivity contribution is 9.10. The molecule has 2 amide bonds. The van der Waals surface area contributed by atoms with Crippen LogP contribution in [0.2, 0.25) is 0 Å². The van der Waals surface area contributed by atoms with Crippen molar-refractivity contribution in [3.8, 4) is 0 Å². The molecule has 7 heteroatoms. The summed E-state index contributed by atoms with van der Waals surface area (Å²) < 4.78 is 6.81. The predicted molar refractivity (Wildman–Crippen MR) is 97.8 cm³/mol. The van der Waals surface area contributed by atoms with E-state index in [1.54, 1.807) is 17.0 Å². The number of nitrogens with zero attached hydrogens (tertiary/aromatic N) is 1. The molecule has 2 heterocycles. The van der Waals surface area contributed by atoms with Gasteiger partial charge in [0.25, 0.3) is 5.91 Å². The van der Waals surface area contributed by atoms with E-state index in [1.807, 2.05) is 24.3 Å². The number of nitrogens with one attached hydrogen (secondary N) is 1. The molecule has 0 unspecified atom stereocenters. The number of carbonyl (C=O) groups is 2. The Hall–Kier alpha value is -1.60. The van der Waals surface area contributed by atoms with Crippen molar-refractivity contribution in [2.45, 2.75) is 12.8 Å². The maximum atomic E-state index is 12.4. The smallest absolute Gasteiger partial charge is 0.289 e. The van der Waals surface area contributed by atoms with Gasteiger partial charge in [0.05, 0.1) is 0 Å². The van der Waals surface area contributed by atoms with Gasteiger partial charge in [0, 0.05) is 29.2 Å².